The number of rotatable bonds is 14. The Morgan fingerprint density at radius 2 is 0.364 bits per heavy atom. The Morgan fingerprint density at radius 1 is 0.273 bits per heavy atom. The Bertz CT molecular complexity index is 322. The Kier molecular flexibility index (Phi) is 25.8. The van der Waals surface area contributed by atoms with Crippen LogP contribution in [-0.2, 0) is 20.4 Å². The molecular formula is C28H68P4Pd+4. The van der Waals surface area contributed by atoms with Crippen molar-refractivity contribution in [3.05, 3.63) is 0 Å². The molecule has 33 heavy (non-hydrogen) atoms. The first-order valence-corrected chi connectivity index (χ1v) is 21.4. The van der Waals surface area contributed by atoms with Crippen LogP contribution in [0.4, 0.5) is 0 Å². The van der Waals surface area contributed by atoms with E-state index in [-0.39, 0.29) is 52.1 Å². The van der Waals surface area contributed by atoms with Gasteiger partial charge in [0.2, 0.25) is 0 Å². The molecule has 0 saturated heterocycles. The molecule has 0 aromatic heterocycles. The smallest absolute Gasteiger partial charge is 0.0287 e. The van der Waals surface area contributed by atoms with Gasteiger partial charge in [-0.3, -0.25) is 0 Å². The van der Waals surface area contributed by atoms with Gasteiger partial charge in [0, 0.05) is 52.1 Å². The summed E-state index contributed by atoms with van der Waals surface area (Å²) in [6.07, 6.45) is 6.24. The predicted molar refractivity (Wildman–Crippen MR) is 174 cm³/mol. The second-order valence-electron chi connectivity index (χ2n) is 12.5. The molecule has 0 aliphatic heterocycles. The molecule has 0 radical (unpaired) electrons. The fourth-order valence-corrected chi connectivity index (χ4v) is 20.1. The van der Waals surface area contributed by atoms with Crippen molar-refractivity contribution in [3.63, 3.8) is 0 Å². The van der Waals surface area contributed by atoms with Crippen LogP contribution in [0.1, 0.15) is 111 Å². The molecule has 0 rings (SSSR count). The van der Waals surface area contributed by atoms with Gasteiger partial charge in [0.25, 0.3) is 0 Å². The first-order chi connectivity index (χ1) is 14.5. The third-order valence-electron chi connectivity index (χ3n) is 7.34. The summed E-state index contributed by atoms with van der Waals surface area (Å²) in [7, 11) is -0.458. The van der Waals surface area contributed by atoms with Crippen molar-refractivity contribution < 1.29 is 20.4 Å². The molecule has 206 valence electrons. The second kappa shape index (κ2) is 21.3. The van der Waals surface area contributed by atoms with Gasteiger partial charge < -0.3 is 0 Å². The van der Waals surface area contributed by atoms with Crippen molar-refractivity contribution in [2.24, 2.45) is 0 Å². The molecule has 0 fully saturated rings. The molecule has 0 aliphatic rings. The second-order valence-corrected chi connectivity index (χ2v) is 28.4. The minimum Gasteiger partial charge on any atom is -0.0287 e. The van der Waals surface area contributed by atoms with Gasteiger partial charge in [0.15, 0.2) is 0 Å². The summed E-state index contributed by atoms with van der Waals surface area (Å²) in [5.74, 6) is 0. The first-order valence-electron chi connectivity index (χ1n) is 14.0. The van der Waals surface area contributed by atoms with Gasteiger partial charge in [0.1, 0.15) is 0 Å². The third kappa shape index (κ3) is 18.3. The van der Waals surface area contributed by atoms with Crippen LogP contribution in [0.5, 0.6) is 0 Å². The molecule has 0 bridgehead atoms. The summed E-state index contributed by atoms with van der Waals surface area (Å²) in [5, 5.41) is 0. The molecule has 0 aromatic carbocycles. The molecule has 0 unspecified atom stereocenters. The van der Waals surface area contributed by atoms with Gasteiger partial charge in [-0.2, -0.15) is 0 Å². The summed E-state index contributed by atoms with van der Waals surface area (Å²) >= 11 is 0. The van der Waals surface area contributed by atoms with E-state index < -0.39 is 0 Å². The Labute approximate surface area is 231 Å². The molecule has 0 aromatic rings. The van der Waals surface area contributed by atoms with Crippen molar-refractivity contribution in [2.75, 3.05) is 24.6 Å². The van der Waals surface area contributed by atoms with Gasteiger partial charge in [-0.25, -0.2) is 0 Å². The molecule has 0 nitrogen and oxygen atoms in total. The van der Waals surface area contributed by atoms with E-state index >= 15 is 0 Å². The van der Waals surface area contributed by atoms with Gasteiger partial charge in [0.05, 0.1) is 69.9 Å². The van der Waals surface area contributed by atoms with E-state index in [4.69, 9.17) is 0 Å². The van der Waals surface area contributed by atoms with E-state index in [0.29, 0.717) is 0 Å². The van der Waals surface area contributed by atoms with Crippen molar-refractivity contribution in [1.29, 1.82) is 0 Å². The Balaban J connectivity index is -0.000000529. The van der Waals surface area contributed by atoms with Crippen LogP contribution in [-0.4, -0.2) is 69.9 Å². The van der Waals surface area contributed by atoms with Gasteiger partial charge in [-0.15, -0.1) is 0 Å². The maximum atomic E-state index is 2.44. The Hall–Kier alpha value is 2.38. The van der Waals surface area contributed by atoms with Crippen molar-refractivity contribution in [2.45, 2.75) is 156 Å². The zero-order chi connectivity index (χ0) is 25.8. The van der Waals surface area contributed by atoms with E-state index in [1.165, 1.54) is 0 Å². The third-order valence-corrected chi connectivity index (χ3v) is 23.5. The van der Waals surface area contributed by atoms with Crippen LogP contribution in [0.2, 0.25) is 0 Å². The summed E-state index contributed by atoms with van der Waals surface area (Å²) in [6, 6.07) is 0. The van der Waals surface area contributed by atoms with Gasteiger partial charge >= 0.3 is 0 Å². The van der Waals surface area contributed by atoms with E-state index in [2.05, 4.69) is 111 Å². The molecule has 5 heteroatoms. The molecule has 0 saturated carbocycles. The average molecular weight is 635 g/mol. The van der Waals surface area contributed by atoms with Crippen LogP contribution in [0.25, 0.3) is 0 Å². The fourth-order valence-electron chi connectivity index (χ4n) is 5.55. The van der Waals surface area contributed by atoms with Gasteiger partial charge in [-0.05, 0) is 111 Å². The van der Waals surface area contributed by atoms with Crippen LogP contribution >= 0.6 is 31.7 Å². The summed E-state index contributed by atoms with van der Waals surface area (Å²) < 4.78 is 0. The zero-order valence-electron chi connectivity index (χ0n) is 25.8. The van der Waals surface area contributed by atoms with Crippen molar-refractivity contribution in [3.8, 4) is 0 Å². The molecule has 0 aliphatic carbocycles. The van der Waals surface area contributed by atoms with Crippen LogP contribution in [0.3, 0.4) is 0 Å². The predicted octanol–water partition coefficient (Wildman–Crippen LogP) is 10.1. The maximum absolute atomic E-state index is 2.44. The number of hydrogen-bond donors (Lipinski definition) is 0. The van der Waals surface area contributed by atoms with Crippen molar-refractivity contribution in [1.82, 2.24) is 0 Å². The molecule has 0 heterocycles. The normalized spacial score (nSPS) is 12.7. The topological polar surface area (TPSA) is 0 Å². The summed E-state index contributed by atoms with van der Waals surface area (Å²) in [5.41, 5.74) is 7.61. The minimum atomic E-state index is -0.114. The minimum absolute atomic E-state index is 0. The zero-order valence-corrected chi connectivity index (χ0v) is 31.3. The van der Waals surface area contributed by atoms with Crippen LogP contribution < -0.4 is 0 Å². The van der Waals surface area contributed by atoms with Crippen LogP contribution in [0.15, 0.2) is 0 Å². The fraction of sp³-hybridized carbons (Fsp3) is 1.00. The Morgan fingerprint density at radius 3 is 0.424 bits per heavy atom. The summed E-state index contributed by atoms with van der Waals surface area (Å²) in [6.45, 7) is 39.0. The quantitative estimate of drug-likeness (QED) is 0.132. The van der Waals surface area contributed by atoms with E-state index in [0.717, 1.165) is 45.3 Å². The molecule has 0 spiro atoms. The summed E-state index contributed by atoms with van der Waals surface area (Å²) in [4.78, 5) is 0. The monoisotopic (exact) mass is 634 g/mol. The number of hydrogen-bond acceptors (Lipinski definition) is 0. The van der Waals surface area contributed by atoms with Gasteiger partial charge in [-0.1, -0.05) is 0 Å². The van der Waals surface area contributed by atoms with E-state index in [1.807, 2.05) is 0 Å². The molecule has 0 amide bonds. The maximum Gasteiger partial charge on any atom is 0.0910 e. The van der Waals surface area contributed by atoms with Crippen molar-refractivity contribution >= 4 is 31.7 Å². The molecular weight excluding hydrogens is 567 g/mol. The first kappa shape index (κ1) is 39.9. The van der Waals surface area contributed by atoms with Crippen LogP contribution in [0, 0.1) is 0 Å². The SMILES string of the molecule is CC(C)[PH+](CC[PH+](C(C)C)C(C)C)C(C)C.CC(C)[PH+](CC[PH+](C(C)C)C(C)C)C(C)C.[Pd]. The van der Waals surface area contributed by atoms with E-state index in [1.54, 1.807) is 24.6 Å². The standard InChI is InChI=1S/2C14H32P2.Pd/c2*1-11(2)15(12(3)4)9-10-16(13(5)6)14(7)8;/h2*11-14H,9-10H2,1-8H3;/p+4. The van der Waals surface area contributed by atoms with E-state index in [9.17, 15) is 0 Å². The molecule has 0 N–H and O–H groups in total. The average Bonchev–Trinajstić information content (AvgIpc) is 2.59. The molecule has 0 atom stereocenters. The largest absolute Gasteiger partial charge is 0.0910 e.